The Morgan fingerprint density at radius 1 is 0.677 bits per heavy atom. The van der Waals surface area contributed by atoms with Crippen molar-refractivity contribution >= 4 is 24.2 Å². The molecule has 5 aromatic rings. The summed E-state index contributed by atoms with van der Waals surface area (Å²) in [5, 5.41) is 2.46. The number of benzene rings is 3. The van der Waals surface area contributed by atoms with E-state index in [2.05, 4.69) is 92.6 Å². The predicted molar refractivity (Wildman–Crippen MR) is 133 cm³/mol. The van der Waals surface area contributed by atoms with Crippen LogP contribution in [0.15, 0.2) is 102 Å². The summed E-state index contributed by atoms with van der Waals surface area (Å²) in [4.78, 5) is 4.83. The largest absolute Gasteiger partial charge is 0.455 e. The summed E-state index contributed by atoms with van der Waals surface area (Å²) in [6.45, 7) is 7.04. The molecule has 0 aliphatic rings. The van der Waals surface area contributed by atoms with E-state index >= 15 is 0 Å². The van der Waals surface area contributed by atoms with E-state index in [0.717, 1.165) is 44.7 Å². The average Bonchev–Trinajstić information content (AvgIpc) is 3.23. The van der Waals surface area contributed by atoms with E-state index in [1.54, 1.807) is 0 Å². The van der Waals surface area contributed by atoms with Gasteiger partial charge in [-0.1, -0.05) is 86.4 Å². The topological polar surface area (TPSA) is 26.0 Å². The highest BCUT2D eigenvalue weighted by Gasteiger charge is 2.18. The van der Waals surface area contributed by atoms with Crippen molar-refractivity contribution in [3.8, 4) is 33.7 Å². The molecule has 2 heterocycles. The van der Waals surface area contributed by atoms with Crippen molar-refractivity contribution in [2.45, 2.75) is 19.6 Å². The third kappa shape index (κ3) is 3.85. The number of rotatable bonds is 4. The van der Waals surface area contributed by atoms with Crippen molar-refractivity contribution in [2.24, 2.45) is 0 Å². The lowest BCUT2D eigenvalue weighted by Gasteiger charge is -2.16. The van der Waals surface area contributed by atoms with Crippen molar-refractivity contribution in [2.75, 3.05) is 0 Å². The summed E-state index contributed by atoms with van der Waals surface area (Å²) in [7, 11) is -1.38. The van der Waals surface area contributed by atoms with Crippen molar-refractivity contribution in [1.82, 2.24) is 4.98 Å². The first-order chi connectivity index (χ1) is 15.0. The zero-order valence-corrected chi connectivity index (χ0v) is 19.1. The van der Waals surface area contributed by atoms with Crippen LogP contribution in [-0.4, -0.2) is 13.1 Å². The molecular weight excluding hydrogens is 394 g/mol. The minimum atomic E-state index is -1.38. The fourth-order valence-electron chi connectivity index (χ4n) is 3.89. The molecule has 31 heavy (non-hydrogen) atoms. The predicted octanol–water partition coefficient (Wildman–Crippen LogP) is 7.37. The molecule has 2 nitrogen and oxygen atoms in total. The molecule has 5 rings (SSSR count). The number of hydrogen-bond acceptors (Lipinski definition) is 2. The minimum absolute atomic E-state index is 0.881. The fourth-order valence-corrected chi connectivity index (χ4v) is 4.92. The van der Waals surface area contributed by atoms with Crippen LogP contribution in [0.4, 0.5) is 0 Å². The van der Waals surface area contributed by atoms with Gasteiger partial charge in [0.05, 0.1) is 13.8 Å². The molecule has 0 atom stereocenters. The van der Waals surface area contributed by atoms with E-state index in [9.17, 15) is 0 Å². The standard InChI is InChI=1S/C28H25NOSi/c1-31(2,3)24-14-15-26(29-19-24)22-16-23-18-27(21-12-8-5-9-13-21)30-28(23)25(17-22)20-10-6-4-7-11-20/h4-19H,1-3H3. The van der Waals surface area contributed by atoms with Crippen LogP contribution in [0, 0.1) is 0 Å². The zero-order valence-electron chi connectivity index (χ0n) is 18.1. The first kappa shape index (κ1) is 19.5. The molecule has 0 aliphatic carbocycles. The summed E-state index contributed by atoms with van der Waals surface area (Å²) in [5.41, 5.74) is 6.32. The highest BCUT2D eigenvalue weighted by Crippen LogP contribution is 2.37. The molecule has 0 N–H and O–H groups in total. The normalized spacial score (nSPS) is 11.7. The van der Waals surface area contributed by atoms with Crippen LogP contribution in [-0.2, 0) is 0 Å². The second-order valence-electron chi connectivity index (χ2n) is 8.97. The van der Waals surface area contributed by atoms with Gasteiger partial charge >= 0.3 is 0 Å². The summed E-state index contributed by atoms with van der Waals surface area (Å²) in [6, 6.07) is 31.6. The Kier molecular flexibility index (Phi) is 4.83. The molecule has 0 saturated heterocycles. The van der Waals surface area contributed by atoms with Gasteiger partial charge in [0.1, 0.15) is 11.3 Å². The van der Waals surface area contributed by atoms with Crippen molar-refractivity contribution in [3.05, 3.63) is 97.2 Å². The Balaban J connectivity index is 1.69. The molecule has 0 saturated carbocycles. The maximum Gasteiger partial charge on any atom is 0.142 e. The Bertz CT molecular complexity index is 1330. The highest BCUT2D eigenvalue weighted by atomic mass is 28.3. The summed E-state index contributed by atoms with van der Waals surface area (Å²) < 4.78 is 6.38. The fraction of sp³-hybridized carbons (Fsp3) is 0.107. The number of nitrogens with zero attached hydrogens (tertiary/aromatic N) is 1. The van der Waals surface area contributed by atoms with Crippen LogP contribution in [0.3, 0.4) is 0 Å². The quantitative estimate of drug-likeness (QED) is 0.284. The monoisotopic (exact) mass is 419 g/mol. The molecule has 0 fully saturated rings. The van der Waals surface area contributed by atoms with E-state index in [4.69, 9.17) is 9.40 Å². The molecule has 0 spiro atoms. The SMILES string of the molecule is C[Si](C)(C)c1ccc(-c2cc(-c3ccccc3)c3oc(-c4ccccc4)cc3c2)nc1. The molecule has 152 valence electrons. The van der Waals surface area contributed by atoms with Gasteiger partial charge in [-0.05, 0) is 35.0 Å². The van der Waals surface area contributed by atoms with Gasteiger partial charge < -0.3 is 4.42 Å². The number of furan rings is 1. The first-order valence-electron chi connectivity index (χ1n) is 10.6. The molecule has 3 heteroatoms. The summed E-state index contributed by atoms with van der Waals surface area (Å²) in [5.74, 6) is 0.881. The molecule has 2 aromatic heterocycles. The van der Waals surface area contributed by atoms with Crippen LogP contribution in [0.25, 0.3) is 44.7 Å². The number of pyridine rings is 1. The van der Waals surface area contributed by atoms with Gasteiger partial charge in [-0.25, -0.2) is 0 Å². The highest BCUT2D eigenvalue weighted by molar-refractivity contribution is 6.88. The van der Waals surface area contributed by atoms with E-state index in [0.29, 0.717) is 0 Å². The molecular formula is C28H25NOSi. The Morgan fingerprint density at radius 2 is 1.35 bits per heavy atom. The number of hydrogen-bond donors (Lipinski definition) is 0. The smallest absolute Gasteiger partial charge is 0.142 e. The average molecular weight is 420 g/mol. The van der Waals surface area contributed by atoms with E-state index in [-0.39, 0.29) is 0 Å². The number of fused-ring (bicyclic) bond motifs is 1. The zero-order chi connectivity index (χ0) is 21.4. The van der Waals surface area contributed by atoms with E-state index in [1.807, 2.05) is 24.3 Å². The van der Waals surface area contributed by atoms with Crippen LogP contribution < -0.4 is 5.19 Å². The summed E-state index contributed by atoms with van der Waals surface area (Å²) >= 11 is 0. The lowest BCUT2D eigenvalue weighted by molar-refractivity contribution is 0.632. The first-order valence-corrected chi connectivity index (χ1v) is 14.1. The lowest BCUT2D eigenvalue weighted by atomic mass is 9.98. The number of aromatic nitrogens is 1. The van der Waals surface area contributed by atoms with Crippen molar-refractivity contribution < 1.29 is 4.42 Å². The van der Waals surface area contributed by atoms with Gasteiger partial charge in [0.25, 0.3) is 0 Å². The van der Waals surface area contributed by atoms with Gasteiger partial charge in [-0.3, -0.25) is 4.98 Å². The van der Waals surface area contributed by atoms with Gasteiger partial charge in [0, 0.05) is 28.3 Å². The van der Waals surface area contributed by atoms with Crippen LogP contribution >= 0.6 is 0 Å². The molecule has 0 bridgehead atoms. The van der Waals surface area contributed by atoms with Crippen LogP contribution in [0.1, 0.15) is 0 Å². The van der Waals surface area contributed by atoms with Crippen molar-refractivity contribution in [3.63, 3.8) is 0 Å². The molecule has 3 aromatic carbocycles. The van der Waals surface area contributed by atoms with E-state index < -0.39 is 8.07 Å². The van der Waals surface area contributed by atoms with Crippen LogP contribution in [0.2, 0.25) is 19.6 Å². The molecule has 0 unspecified atom stereocenters. The Hall–Kier alpha value is -3.43. The lowest BCUT2D eigenvalue weighted by Crippen LogP contribution is -2.37. The van der Waals surface area contributed by atoms with Gasteiger partial charge in [-0.2, -0.15) is 0 Å². The van der Waals surface area contributed by atoms with Gasteiger partial charge in [0.2, 0.25) is 0 Å². The summed E-state index contributed by atoms with van der Waals surface area (Å²) in [6.07, 6.45) is 2.05. The maximum absolute atomic E-state index is 6.38. The second-order valence-corrected chi connectivity index (χ2v) is 14.0. The van der Waals surface area contributed by atoms with Gasteiger partial charge in [-0.15, -0.1) is 0 Å². The van der Waals surface area contributed by atoms with Crippen molar-refractivity contribution in [1.29, 1.82) is 0 Å². The minimum Gasteiger partial charge on any atom is -0.455 e. The Labute approximate surface area is 184 Å². The van der Waals surface area contributed by atoms with E-state index in [1.165, 1.54) is 5.19 Å². The maximum atomic E-state index is 6.38. The van der Waals surface area contributed by atoms with Crippen LogP contribution in [0.5, 0.6) is 0 Å². The molecule has 0 amide bonds. The third-order valence-corrected chi connectivity index (χ3v) is 7.71. The third-order valence-electron chi connectivity index (χ3n) is 5.68. The Morgan fingerprint density at radius 3 is 1.97 bits per heavy atom. The second kappa shape index (κ2) is 7.68. The van der Waals surface area contributed by atoms with Gasteiger partial charge in [0.15, 0.2) is 0 Å². The molecule has 0 aliphatic heterocycles. The molecule has 0 radical (unpaired) electrons.